The lowest BCUT2D eigenvalue weighted by molar-refractivity contribution is 0.189. The minimum absolute atomic E-state index is 0.363. The standard InChI is InChI=1S/C22H37N5O/c1-19-9-13-25(14-10-19)12-6-5-11-24-22(23-2)27-17-15-26(16-18-27)20-7-3-4-8-21(20)28/h3-4,7-8,19,28H,5-6,9-18H2,1-2H3,(H,23,24). The van der Waals surface area contributed by atoms with Gasteiger partial charge in [-0.05, 0) is 63.4 Å². The largest absolute Gasteiger partial charge is 0.506 e. The Morgan fingerprint density at radius 3 is 2.46 bits per heavy atom. The van der Waals surface area contributed by atoms with E-state index in [0.29, 0.717) is 5.75 Å². The average Bonchev–Trinajstić information content (AvgIpc) is 2.73. The minimum Gasteiger partial charge on any atom is -0.506 e. The molecule has 2 fully saturated rings. The van der Waals surface area contributed by atoms with Gasteiger partial charge in [-0.2, -0.15) is 0 Å². The Morgan fingerprint density at radius 1 is 1.07 bits per heavy atom. The molecule has 2 aliphatic heterocycles. The second-order valence-corrected chi connectivity index (χ2v) is 8.17. The van der Waals surface area contributed by atoms with E-state index >= 15 is 0 Å². The summed E-state index contributed by atoms with van der Waals surface area (Å²) in [6.07, 6.45) is 5.15. The minimum atomic E-state index is 0.363. The molecule has 1 aromatic carbocycles. The molecule has 2 N–H and O–H groups in total. The molecule has 0 atom stereocenters. The van der Waals surface area contributed by atoms with Crippen molar-refractivity contribution in [3.63, 3.8) is 0 Å². The van der Waals surface area contributed by atoms with E-state index in [2.05, 4.69) is 31.9 Å². The first-order valence-electron chi connectivity index (χ1n) is 10.9. The van der Waals surface area contributed by atoms with Crippen LogP contribution in [0.1, 0.15) is 32.6 Å². The molecule has 0 amide bonds. The Kier molecular flexibility index (Phi) is 7.83. The van der Waals surface area contributed by atoms with E-state index in [0.717, 1.165) is 50.3 Å². The van der Waals surface area contributed by atoms with Crippen molar-refractivity contribution in [2.45, 2.75) is 32.6 Å². The predicted molar refractivity (Wildman–Crippen MR) is 117 cm³/mol. The van der Waals surface area contributed by atoms with E-state index in [9.17, 15) is 5.11 Å². The molecule has 156 valence electrons. The van der Waals surface area contributed by atoms with Gasteiger partial charge in [-0.1, -0.05) is 19.1 Å². The number of aromatic hydroxyl groups is 1. The molecule has 28 heavy (non-hydrogen) atoms. The number of hydrogen-bond acceptors (Lipinski definition) is 4. The van der Waals surface area contributed by atoms with E-state index in [4.69, 9.17) is 0 Å². The van der Waals surface area contributed by atoms with E-state index in [1.165, 1.54) is 45.3 Å². The second-order valence-electron chi connectivity index (χ2n) is 8.17. The number of piperidine rings is 1. The van der Waals surface area contributed by atoms with Crippen LogP contribution in [0.15, 0.2) is 29.3 Å². The molecule has 0 unspecified atom stereocenters. The molecule has 3 rings (SSSR count). The number of phenols is 1. The molecule has 0 saturated carbocycles. The number of para-hydroxylation sites is 2. The summed E-state index contributed by atoms with van der Waals surface area (Å²) in [5.41, 5.74) is 0.928. The number of unbranched alkanes of at least 4 members (excludes halogenated alkanes) is 1. The van der Waals surface area contributed by atoms with Crippen molar-refractivity contribution in [1.82, 2.24) is 15.1 Å². The number of guanidine groups is 1. The van der Waals surface area contributed by atoms with Crippen LogP contribution < -0.4 is 10.2 Å². The maximum atomic E-state index is 10.1. The van der Waals surface area contributed by atoms with Crippen molar-refractivity contribution in [2.75, 3.05) is 64.3 Å². The molecule has 0 aliphatic carbocycles. The Morgan fingerprint density at radius 2 is 1.79 bits per heavy atom. The second kappa shape index (κ2) is 10.6. The Hall–Kier alpha value is -1.95. The highest BCUT2D eigenvalue weighted by Crippen LogP contribution is 2.27. The van der Waals surface area contributed by atoms with Crippen molar-refractivity contribution in [1.29, 1.82) is 0 Å². The highest BCUT2D eigenvalue weighted by atomic mass is 16.3. The monoisotopic (exact) mass is 387 g/mol. The van der Waals surface area contributed by atoms with E-state index in [1.54, 1.807) is 6.07 Å². The molecule has 0 spiro atoms. The zero-order valence-corrected chi connectivity index (χ0v) is 17.6. The highest BCUT2D eigenvalue weighted by Gasteiger charge is 2.21. The maximum absolute atomic E-state index is 10.1. The number of likely N-dealkylation sites (tertiary alicyclic amines) is 1. The van der Waals surface area contributed by atoms with Gasteiger partial charge in [0.25, 0.3) is 0 Å². The average molecular weight is 388 g/mol. The molecule has 2 heterocycles. The Balaban J connectivity index is 1.34. The van der Waals surface area contributed by atoms with Crippen LogP contribution in [0.5, 0.6) is 5.75 Å². The third kappa shape index (κ3) is 5.77. The van der Waals surface area contributed by atoms with Crippen molar-refractivity contribution in [3.05, 3.63) is 24.3 Å². The molecular weight excluding hydrogens is 350 g/mol. The van der Waals surface area contributed by atoms with Gasteiger partial charge < -0.3 is 25.1 Å². The van der Waals surface area contributed by atoms with Gasteiger partial charge in [0.05, 0.1) is 5.69 Å². The Bertz CT molecular complexity index is 619. The number of nitrogens with one attached hydrogen (secondary N) is 1. The van der Waals surface area contributed by atoms with Crippen LogP contribution in [0.2, 0.25) is 0 Å². The predicted octanol–water partition coefficient (Wildman–Crippen LogP) is 2.60. The summed E-state index contributed by atoms with van der Waals surface area (Å²) in [4.78, 5) is 11.7. The van der Waals surface area contributed by atoms with Gasteiger partial charge in [0.15, 0.2) is 5.96 Å². The number of phenolic OH excluding ortho intramolecular Hbond substituents is 1. The fourth-order valence-electron chi connectivity index (χ4n) is 4.17. The molecule has 6 nitrogen and oxygen atoms in total. The molecule has 0 aromatic heterocycles. The maximum Gasteiger partial charge on any atom is 0.193 e. The van der Waals surface area contributed by atoms with Gasteiger partial charge in [-0.3, -0.25) is 4.99 Å². The third-order valence-electron chi connectivity index (χ3n) is 6.07. The van der Waals surface area contributed by atoms with Crippen LogP contribution in [-0.4, -0.2) is 80.3 Å². The summed E-state index contributed by atoms with van der Waals surface area (Å²) in [5, 5.41) is 13.6. The van der Waals surface area contributed by atoms with Gasteiger partial charge in [-0.15, -0.1) is 0 Å². The topological polar surface area (TPSA) is 54.3 Å². The molecule has 2 saturated heterocycles. The van der Waals surface area contributed by atoms with Crippen LogP contribution in [0.4, 0.5) is 5.69 Å². The van der Waals surface area contributed by atoms with Crippen molar-refractivity contribution in [3.8, 4) is 5.75 Å². The lowest BCUT2D eigenvalue weighted by atomic mass is 9.99. The van der Waals surface area contributed by atoms with Crippen LogP contribution in [0.3, 0.4) is 0 Å². The summed E-state index contributed by atoms with van der Waals surface area (Å²) in [5.74, 6) is 2.28. The zero-order valence-electron chi connectivity index (χ0n) is 17.6. The first kappa shape index (κ1) is 20.8. The number of rotatable bonds is 6. The van der Waals surface area contributed by atoms with Gasteiger partial charge in [-0.25, -0.2) is 0 Å². The number of aliphatic imine (C=N–C) groups is 1. The summed E-state index contributed by atoms with van der Waals surface area (Å²) >= 11 is 0. The van der Waals surface area contributed by atoms with E-state index in [-0.39, 0.29) is 0 Å². The SMILES string of the molecule is CN=C(NCCCCN1CCC(C)CC1)N1CCN(c2ccccc2O)CC1. The summed E-state index contributed by atoms with van der Waals surface area (Å²) in [6.45, 7) is 10.8. The lowest BCUT2D eigenvalue weighted by Gasteiger charge is -2.37. The van der Waals surface area contributed by atoms with Crippen molar-refractivity contribution >= 4 is 11.6 Å². The number of benzene rings is 1. The van der Waals surface area contributed by atoms with Crippen LogP contribution in [0, 0.1) is 5.92 Å². The lowest BCUT2D eigenvalue weighted by Crippen LogP contribution is -2.52. The number of anilines is 1. The molecule has 6 heteroatoms. The van der Waals surface area contributed by atoms with Crippen LogP contribution >= 0.6 is 0 Å². The van der Waals surface area contributed by atoms with Gasteiger partial charge in [0.2, 0.25) is 0 Å². The first-order valence-corrected chi connectivity index (χ1v) is 10.9. The smallest absolute Gasteiger partial charge is 0.193 e. The highest BCUT2D eigenvalue weighted by molar-refractivity contribution is 5.80. The summed E-state index contributed by atoms with van der Waals surface area (Å²) < 4.78 is 0. The molecule has 1 aromatic rings. The van der Waals surface area contributed by atoms with Gasteiger partial charge in [0, 0.05) is 39.8 Å². The van der Waals surface area contributed by atoms with Crippen LogP contribution in [0.25, 0.3) is 0 Å². The fourth-order valence-corrected chi connectivity index (χ4v) is 4.17. The van der Waals surface area contributed by atoms with E-state index in [1.807, 2.05) is 25.2 Å². The summed E-state index contributed by atoms with van der Waals surface area (Å²) in [6, 6.07) is 7.59. The zero-order chi connectivity index (χ0) is 19.8. The van der Waals surface area contributed by atoms with E-state index < -0.39 is 0 Å². The normalized spacial score (nSPS) is 19.9. The van der Waals surface area contributed by atoms with Gasteiger partial charge in [0.1, 0.15) is 5.75 Å². The fraction of sp³-hybridized carbons (Fsp3) is 0.682. The molecular formula is C22H37N5O. The first-order chi connectivity index (χ1) is 13.7. The third-order valence-corrected chi connectivity index (χ3v) is 6.07. The van der Waals surface area contributed by atoms with Crippen molar-refractivity contribution < 1.29 is 5.11 Å². The van der Waals surface area contributed by atoms with Crippen LogP contribution in [-0.2, 0) is 0 Å². The molecule has 0 radical (unpaired) electrons. The number of nitrogens with zero attached hydrogens (tertiary/aromatic N) is 4. The quantitative estimate of drug-likeness (QED) is 0.446. The van der Waals surface area contributed by atoms with Gasteiger partial charge >= 0.3 is 0 Å². The molecule has 0 bridgehead atoms. The summed E-state index contributed by atoms with van der Waals surface area (Å²) in [7, 11) is 1.87. The Labute approximate surface area is 170 Å². The number of piperazine rings is 1. The number of hydrogen-bond donors (Lipinski definition) is 2. The molecule has 2 aliphatic rings. The van der Waals surface area contributed by atoms with Crippen molar-refractivity contribution in [2.24, 2.45) is 10.9 Å².